The van der Waals surface area contributed by atoms with Gasteiger partial charge < -0.3 is 14.3 Å². The number of carboxylic acids is 1. The highest BCUT2D eigenvalue weighted by atomic mass is 16.6. The SMILES string of the molecule is O=C(O)c1ccc(COc2ccc(/C=N/NC(=O)c3cc4cc([N+](=O)[O-])ccc4o3)cc2)cc1. The van der Waals surface area contributed by atoms with Crippen LogP contribution in [0, 0.1) is 10.1 Å². The van der Waals surface area contributed by atoms with Gasteiger partial charge in [0.2, 0.25) is 0 Å². The minimum Gasteiger partial charge on any atom is -0.489 e. The first-order valence-corrected chi connectivity index (χ1v) is 9.95. The number of fused-ring (bicyclic) bond motifs is 1. The Bertz CT molecular complexity index is 1390. The summed E-state index contributed by atoms with van der Waals surface area (Å²) in [5, 5.41) is 24.1. The fourth-order valence-electron chi connectivity index (χ4n) is 3.04. The number of nitro benzene ring substituents is 1. The number of carboxylic acid groups (broad SMARTS) is 1. The average Bonchev–Trinajstić information content (AvgIpc) is 3.27. The van der Waals surface area contributed by atoms with Crippen molar-refractivity contribution in [1.82, 2.24) is 5.43 Å². The number of hydrogen-bond donors (Lipinski definition) is 2. The van der Waals surface area contributed by atoms with E-state index in [0.29, 0.717) is 22.3 Å². The Kier molecular flexibility index (Phi) is 6.31. The van der Waals surface area contributed by atoms with Crippen LogP contribution in [-0.4, -0.2) is 28.1 Å². The van der Waals surface area contributed by atoms with Crippen molar-refractivity contribution in [3.05, 3.63) is 105 Å². The Morgan fingerprint density at radius 1 is 1.06 bits per heavy atom. The van der Waals surface area contributed by atoms with E-state index in [4.69, 9.17) is 14.3 Å². The van der Waals surface area contributed by atoms with Crippen molar-refractivity contribution in [2.45, 2.75) is 6.61 Å². The Morgan fingerprint density at radius 3 is 2.47 bits per heavy atom. The summed E-state index contributed by atoms with van der Waals surface area (Å²) in [6.07, 6.45) is 1.44. The van der Waals surface area contributed by atoms with Crippen molar-refractivity contribution >= 4 is 34.7 Å². The van der Waals surface area contributed by atoms with Gasteiger partial charge in [-0.05, 0) is 59.7 Å². The first-order chi connectivity index (χ1) is 16.4. The molecule has 4 rings (SSSR count). The molecule has 0 aliphatic rings. The quantitative estimate of drug-likeness (QED) is 0.226. The topological polar surface area (TPSA) is 144 Å². The number of aromatic carboxylic acids is 1. The molecule has 0 spiro atoms. The number of amides is 1. The van der Waals surface area contributed by atoms with Crippen molar-refractivity contribution in [2.24, 2.45) is 5.10 Å². The fourth-order valence-corrected chi connectivity index (χ4v) is 3.04. The normalized spacial score (nSPS) is 10.9. The van der Waals surface area contributed by atoms with Crippen molar-refractivity contribution in [1.29, 1.82) is 0 Å². The van der Waals surface area contributed by atoms with E-state index in [1.807, 2.05) is 0 Å². The number of nitrogens with one attached hydrogen (secondary N) is 1. The summed E-state index contributed by atoms with van der Waals surface area (Å²) in [6, 6.07) is 18.9. The smallest absolute Gasteiger partial charge is 0.335 e. The van der Waals surface area contributed by atoms with Gasteiger partial charge in [0.15, 0.2) is 5.76 Å². The molecule has 0 atom stereocenters. The van der Waals surface area contributed by atoms with Gasteiger partial charge in [0.05, 0.1) is 16.7 Å². The first kappa shape index (κ1) is 22.2. The maximum Gasteiger partial charge on any atom is 0.335 e. The lowest BCUT2D eigenvalue weighted by molar-refractivity contribution is -0.384. The standard InChI is InChI=1S/C24H17N3O7/c28-23(22-12-18-11-19(27(31)32)7-10-21(18)34-22)26-25-13-15-3-8-20(9-4-15)33-14-16-1-5-17(6-2-16)24(29)30/h1-13H,14H2,(H,26,28)(H,29,30)/b25-13+. The van der Waals surface area contributed by atoms with Gasteiger partial charge in [-0.25, -0.2) is 10.2 Å². The van der Waals surface area contributed by atoms with Gasteiger partial charge in [0, 0.05) is 17.5 Å². The number of hydrazone groups is 1. The molecule has 0 saturated carbocycles. The van der Waals surface area contributed by atoms with Crippen LogP contribution in [0.1, 0.15) is 32.0 Å². The second-order valence-electron chi connectivity index (χ2n) is 7.15. The van der Waals surface area contributed by atoms with E-state index in [1.54, 1.807) is 36.4 Å². The van der Waals surface area contributed by atoms with E-state index in [9.17, 15) is 19.7 Å². The lowest BCUT2D eigenvalue weighted by Gasteiger charge is -2.07. The molecule has 0 saturated heterocycles. The highest BCUT2D eigenvalue weighted by molar-refractivity contribution is 5.97. The molecule has 10 nitrogen and oxygen atoms in total. The van der Waals surface area contributed by atoms with Crippen molar-refractivity contribution < 1.29 is 28.8 Å². The van der Waals surface area contributed by atoms with Crippen LogP contribution < -0.4 is 10.2 Å². The molecular weight excluding hydrogens is 442 g/mol. The number of carbonyl (C=O) groups excluding carboxylic acids is 1. The number of carbonyl (C=O) groups is 2. The third kappa shape index (κ3) is 5.25. The molecule has 1 amide bonds. The zero-order valence-electron chi connectivity index (χ0n) is 17.5. The van der Waals surface area contributed by atoms with E-state index in [1.165, 1.54) is 42.6 Å². The first-order valence-electron chi connectivity index (χ1n) is 9.95. The number of ether oxygens (including phenoxy) is 1. The molecule has 10 heteroatoms. The average molecular weight is 459 g/mol. The van der Waals surface area contributed by atoms with Crippen LogP contribution in [0.4, 0.5) is 5.69 Å². The van der Waals surface area contributed by atoms with Crippen LogP contribution in [0.5, 0.6) is 5.75 Å². The van der Waals surface area contributed by atoms with Crippen molar-refractivity contribution in [3.8, 4) is 5.75 Å². The number of hydrogen-bond acceptors (Lipinski definition) is 7. The maximum absolute atomic E-state index is 12.3. The largest absolute Gasteiger partial charge is 0.489 e. The van der Waals surface area contributed by atoms with E-state index in [0.717, 1.165) is 5.56 Å². The molecule has 0 unspecified atom stereocenters. The number of non-ortho nitro benzene ring substituents is 1. The van der Waals surface area contributed by atoms with E-state index >= 15 is 0 Å². The number of nitro groups is 1. The summed E-state index contributed by atoms with van der Waals surface area (Å²) in [4.78, 5) is 33.5. The lowest BCUT2D eigenvalue weighted by atomic mass is 10.1. The molecule has 0 aliphatic heterocycles. The molecule has 0 bridgehead atoms. The van der Waals surface area contributed by atoms with Crippen molar-refractivity contribution in [2.75, 3.05) is 0 Å². The number of rotatable bonds is 8. The highest BCUT2D eigenvalue weighted by Crippen LogP contribution is 2.24. The second-order valence-corrected chi connectivity index (χ2v) is 7.15. The third-order valence-corrected chi connectivity index (χ3v) is 4.80. The van der Waals surface area contributed by atoms with Crippen LogP contribution in [0.15, 0.2) is 82.3 Å². The van der Waals surface area contributed by atoms with Gasteiger partial charge in [-0.15, -0.1) is 0 Å². The van der Waals surface area contributed by atoms with Gasteiger partial charge in [-0.1, -0.05) is 12.1 Å². The van der Waals surface area contributed by atoms with Gasteiger partial charge in [0.1, 0.15) is 17.9 Å². The molecule has 170 valence electrons. The van der Waals surface area contributed by atoms with Crippen LogP contribution >= 0.6 is 0 Å². The minimum atomic E-state index is -0.982. The van der Waals surface area contributed by atoms with Gasteiger partial charge >= 0.3 is 11.9 Å². The van der Waals surface area contributed by atoms with Gasteiger partial charge in [-0.3, -0.25) is 14.9 Å². The molecule has 0 aliphatic carbocycles. The van der Waals surface area contributed by atoms with E-state index < -0.39 is 16.8 Å². The van der Waals surface area contributed by atoms with Gasteiger partial charge in [0.25, 0.3) is 5.69 Å². The van der Waals surface area contributed by atoms with Crippen LogP contribution in [-0.2, 0) is 6.61 Å². The number of furan rings is 1. The van der Waals surface area contributed by atoms with Crippen LogP contribution in [0.25, 0.3) is 11.0 Å². The number of benzene rings is 3. The molecule has 3 aromatic carbocycles. The predicted molar refractivity (Wildman–Crippen MR) is 122 cm³/mol. The van der Waals surface area contributed by atoms with Crippen molar-refractivity contribution in [3.63, 3.8) is 0 Å². The monoisotopic (exact) mass is 459 g/mol. The minimum absolute atomic E-state index is 0.0206. The lowest BCUT2D eigenvalue weighted by Crippen LogP contribution is -2.16. The molecule has 4 aromatic rings. The van der Waals surface area contributed by atoms with E-state index in [2.05, 4.69) is 10.5 Å². The molecule has 0 radical (unpaired) electrons. The Hall–Kier alpha value is -4.99. The Balaban J connectivity index is 1.31. The molecule has 1 heterocycles. The number of nitrogens with zero attached hydrogens (tertiary/aromatic N) is 2. The Morgan fingerprint density at radius 2 is 1.79 bits per heavy atom. The van der Waals surface area contributed by atoms with Crippen LogP contribution in [0.3, 0.4) is 0 Å². The summed E-state index contributed by atoms with van der Waals surface area (Å²) in [5.41, 5.74) is 4.36. The molecule has 1 aromatic heterocycles. The zero-order valence-corrected chi connectivity index (χ0v) is 17.5. The summed E-state index contributed by atoms with van der Waals surface area (Å²) in [6.45, 7) is 0.282. The van der Waals surface area contributed by atoms with Gasteiger partial charge in [-0.2, -0.15) is 5.10 Å². The molecule has 34 heavy (non-hydrogen) atoms. The summed E-state index contributed by atoms with van der Waals surface area (Å²) >= 11 is 0. The highest BCUT2D eigenvalue weighted by Gasteiger charge is 2.14. The summed E-state index contributed by atoms with van der Waals surface area (Å²) < 4.78 is 11.1. The second kappa shape index (κ2) is 9.65. The summed E-state index contributed by atoms with van der Waals surface area (Å²) in [5.74, 6) is -0.985. The predicted octanol–water partition coefficient (Wildman–Crippen LogP) is 4.38. The molecule has 2 N–H and O–H groups in total. The van der Waals surface area contributed by atoms with Crippen LogP contribution in [0.2, 0.25) is 0 Å². The Labute approximate surface area is 192 Å². The maximum atomic E-state index is 12.3. The summed E-state index contributed by atoms with van der Waals surface area (Å²) in [7, 11) is 0. The molecular formula is C24H17N3O7. The van der Waals surface area contributed by atoms with E-state index in [-0.39, 0.29) is 23.6 Å². The zero-order chi connectivity index (χ0) is 24.1. The molecule has 0 fully saturated rings. The fraction of sp³-hybridized carbons (Fsp3) is 0.0417. The third-order valence-electron chi connectivity index (χ3n) is 4.80.